The van der Waals surface area contributed by atoms with Gasteiger partial charge in [-0.3, -0.25) is 5.01 Å². The van der Waals surface area contributed by atoms with Crippen molar-refractivity contribution in [2.24, 2.45) is 0 Å². The maximum Gasteiger partial charge on any atom is 0.333 e. The average Bonchev–Trinajstić information content (AvgIpc) is 2.16. The number of urea groups is 1. The zero-order valence-corrected chi connectivity index (χ0v) is 9.78. The summed E-state index contributed by atoms with van der Waals surface area (Å²) < 4.78 is 0.750. The number of halogens is 1. The average molecular weight is 271 g/mol. The molecule has 2 rings (SSSR count). The van der Waals surface area contributed by atoms with Crippen LogP contribution in [0.4, 0.5) is 10.6 Å². The second-order valence-electron chi connectivity index (χ2n) is 3.42. The summed E-state index contributed by atoms with van der Waals surface area (Å²) in [6.07, 6.45) is 0. The van der Waals surface area contributed by atoms with E-state index < -0.39 is 0 Å². The highest BCUT2D eigenvalue weighted by molar-refractivity contribution is 9.10. The minimum absolute atomic E-state index is 0.111. The van der Waals surface area contributed by atoms with Crippen LogP contribution in [0.25, 0.3) is 0 Å². The molecule has 1 saturated heterocycles. The van der Waals surface area contributed by atoms with Gasteiger partial charge in [0.2, 0.25) is 0 Å². The fourth-order valence-corrected chi connectivity index (χ4v) is 1.78. The van der Waals surface area contributed by atoms with Crippen LogP contribution in [0.3, 0.4) is 0 Å². The maximum atomic E-state index is 11.2. The van der Waals surface area contributed by atoms with Gasteiger partial charge in [0.1, 0.15) is 10.4 Å². The summed E-state index contributed by atoms with van der Waals surface area (Å²) in [4.78, 5) is 15.5. The first-order valence-corrected chi connectivity index (χ1v) is 5.42. The van der Waals surface area contributed by atoms with Crippen LogP contribution in [0, 0.1) is 0 Å². The van der Waals surface area contributed by atoms with Crippen molar-refractivity contribution in [1.29, 1.82) is 0 Å². The molecule has 0 radical (unpaired) electrons. The second kappa shape index (κ2) is 4.06. The lowest BCUT2D eigenvalue weighted by atomic mass is 10.3. The highest BCUT2D eigenvalue weighted by atomic mass is 79.9. The van der Waals surface area contributed by atoms with Crippen LogP contribution in [0.15, 0.2) is 22.8 Å². The number of pyridine rings is 1. The zero-order valence-electron chi connectivity index (χ0n) is 8.20. The predicted octanol–water partition coefficient (Wildman–Crippen LogP) is 1.27. The summed E-state index contributed by atoms with van der Waals surface area (Å²) in [5, 5.41) is 4.49. The minimum Gasteiger partial charge on any atom is -0.332 e. The van der Waals surface area contributed by atoms with E-state index in [1.54, 1.807) is 5.01 Å². The van der Waals surface area contributed by atoms with E-state index in [4.69, 9.17) is 0 Å². The highest BCUT2D eigenvalue weighted by Gasteiger charge is 2.21. The van der Waals surface area contributed by atoms with Gasteiger partial charge >= 0.3 is 6.03 Å². The number of amides is 2. The Labute approximate surface area is 96.0 Å². The SMILES string of the molecule is CC1CN(c2cccc(Br)n2)NC(=O)N1. The summed E-state index contributed by atoms with van der Waals surface area (Å²) in [7, 11) is 0. The molecule has 1 aromatic rings. The van der Waals surface area contributed by atoms with Crippen molar-refractivity contribution >= 4 is 27.8 Å². The normalized spacial score (nSPS) is 20.8. The molecule has 0 aliphatic carbocycles. The van der Waals surface area contributed by atoms with Gasteiger partial charge in [-0.1, -0.05) is 6.07 Å². The first-order valence-electron chi connectivity index (χ1n) is 4.62. The Balaban J connectivity index is 2.19. The number of nitrogens with zero attached hydrogens (tertiary/aromatic N) is 2. The van der Waals surface area contributed by atoms with E-state index in [-0.39, 0.29) is 12.1 Å². The molecule has 1 aliphatic heterocycles. The van der Waals surface area contributed by atoms with Gasteiger partial charge in [-0.15, -0.1) is 0 Å². The molecule has 2 heterocycles. The van der Waals surface area contributed by atoms with Crippen LogP contribution in [0.5, 0.6) is 0 Å². The van der Waals surface area contributed by atoms with Gasteiger partial charge in [-0.2, -0.15) is 0 Å². The molecule has 15 heavy (non-hydrogen) atoms. The molecule has 80 valence electrons. The molecule has 2 N–H and O–H groups in total. The number of carbonyl (C=O) groups is 1. The lowest BCUT2D eigenvalue weighted by molar-refractivity contribution is 0.230. The van der Waals surface area contributed by atoms with Gasteiger partial charge in [-0.25, -0.2) is 15.2 Å². The van der Waals surface area contributed by atoms with Crippen LogP contribution in [-0.4, -0.2) is 23.6 Å². The lowest BCUT2D eigenvalue weighted by Crippen LogP contribution is -2.60. The van der Waals surface area contributed by atoms with Crippen LogP contribution in [0.1, 0.15) is 6.92 Å². The highest BCUT2D eigenvalue weighted by Crippen LogP contribution is 2.14. The van der Waals surface area contributed by atoms with E-state index in [9.17, 15) is 4.79 Å². The topological polar surface area (TPSA) is 57.3 Å². The fraction of sp³-hybridized carbons (Fsp3) is 0.333. The number of anilines is 1. The van der Waals surface area contributed by atoms with Gasteiger partial charge < -0.3 is 5.32 Å². The van der Waals surface area contributed by atoms with Gasteiger partial charge in [0, 0.05) is 6.04 Å². The molecule has 0 bridgehead atoms. The lowest BCUT2D eigenvalue weighted by Gasteiger charge is -2.32. The third kappa shape index (κ3) is 2.38. The first kappa shape index (κ1) is 10.2. The Kier molecular flexibility index (Phi) is 2.77. The summed E-state index contributed by atoms with van der Waals surface area (Å²) in [6.45, 7) is 2.64. The molecular formula is C9H11BrN4O. The Morgan fingerprint density at radius 1 is 1.60 bits per heavy atom. The molecular weight excluding hydrogens is 260 g/mol. The number of aromatic nitrogens is 1. The van der Waals surface area contributed by atoms with Gasteiger partial charge in [0.15, 0.2) is 0 Å². The molecule has 1 aliphatic rings. The molecule has 0 saturated carbocycles. The number of hydrogen-bond donors (Lipinski definition) is 2. The number of carbonyl (C=O) groups excluding carboxylic acids is 1. The van der Waals surface area contributed by atoms with Crippen molar-refractivity contribution in [3.8, 4) is 0 Å². The van der Waals surface area contributed by atoms with Gasteiger partial charge in [-0.05, 0) is 35.0 Å². The van der Waals surface area contributed by atoms with Crippen molar-refractivity contribution in [3.05, 3.63) is 22.8 Å². The third-order valence-corrected chi connectivity index (χ3v) is 2.49. The first-order chi connectivity index (χ1) is 7.15. The predicted molar refractivity (Wildman–Crippen MR) is 60.4 cm³/mol. The van der Waals surface area contributed by atoms with Gasteiger partial charge in [0.25, 0.3) is 0 Å². The summed E-state index contributed by atoms with van der Waals surface area (Å²) >= 11 is 3.29. The molecule has 0 aromatic carbocycles. The number of hydrogen-bond acceptors (Lipinski definition) is 3. The summed E-state index contributed by atoms with van der Waals surface area (Å²) in [6, 6.07) is 5.49. The molecule has 2 amide bonds. The Morgan fingerprint density at radius 3 is 3.07 bits per heavy atom. The fourth-order valence-electron chi connectivity index (χ4n) is 1.44. The quantitative estimate of drug-likeness (QED) is 0.756. The standard InChI is InChI=1S/C9H11BrN4O/c1-6-5-14(13-9(15)11-6)8-4-2-3-7(10)12-8/h2-4,6H,5H2,1H3,(H2,11,13,15). The van der Waals surface area contributed by atoms with E-state index >= 15 is 0 Å². The van der Waals surface area contributed by atoms with E-state index in [1.165, 1.54) is 0 Å². The zero-order chi connectivity index (χ0) is 10.8. The molecule has 1 unspecified atom stereocenters. The van der Waals surface area contributed by atoms with Crippen molar-refractivity contribution in [2.45, 2.75) is 13.0 Å². The summed E-state index contributed by atoms with van der Waals surface area (Å²) in [5.41, 5.74) is 2.69. The minimum atomic E-state index is -0.199. The molecule has 1 fully saturated rings. The molecule has 1 aromatic heterocycles. The summed E-state index contributed by atoms with van der Waals surface area (Å²) in [5.74, 6) is 0.728. The van der Waals surface area contributed by atoms with Crippen LogP contribution in [-0.2, 0) is 0 Å². The number of hydrazine groups is 1. The van der Waals surface area contributed by atoms with Crippen molar-refractivity contribution in [1.82, 2.24) is 15.7 Å². The van der Waals surface area contributed by atoms with Crippen LogP contribution in [0.2, 0.25) is 0 Å². The van der Waals surface area contributed by atoms with Gasteiger partial charge in [0.05, 0.1) is 6.54 Å². The van der Waals surface area contributed by atoms with Crippen molar-refractivity contribution in [3.63, 3.8) is 0 Å². The molecule has 1 atom stereocenters. The smallest absolute Gasteiger partial charge is 0.332 e. The van der Waals surface area contributed by atoms with E-state index in [1.807, 2.05) is 25.1 Å². The van der Waals surface area contributed by atoms with Crippen molar-refractivity contribution in [2.75, 3.05) is 11.6 Å². The molecule has 5 nitrogen and oxygen atoms in total. The second-order valence-corrected chi connectivity index (χ2v) is 4.23. The maximum absolute atomic E-state index is 11.2. The van der Waals surface area contributed by atoms with E-state index in [0.29, 0.717) is 6.54 Å². The Morgan fingerprint density at radius 2 is 2.40 bits per heavy atom. The van der Waals surface area contributed by atoms with E-state index in [2.05, 4.69) is 31.7 Å². The number of rotatable bonds is 1. The molecule has 6 heteroatoms. The molecule has 0 spiro atoms. The van der Waals surface area contributed by atoms with Crippen LogP contribution >= 0.6 is 15.9 Å². The Bertz CT molecular complexity index is 384. The largest absolute Gasteiger partial charge is 0.333 e. The van der Waals surface area contributed by atoms with Crippen molar-refractivity contribution < 1.29 is 4.79 Å². The number of nitrogens with one attached hydrogen (secondary N) is 2. The Hall–Kier alpha value is -1.30. The monoisotopic (exact) mass is 270 g/mol. The van der Waals surface area contributed by atoms with Crippen LogP contribution < -0.4 is 15.8 Å². The van der Waals surface area contributed by atoms with E-state index in [0.717, 1.165) is 10.4 Å². The third-order valence-electron chi connectivity index (χ3n) is 2.05.